The Kier molecular flexibility index (Phi) is 6.74. The number of pyridine rings is 1. The molecule has 1 aromatic heterocycles. The van der Waals surface area contributed by atoms with Crippen molar-refractivity contribution in [1.82, 2.24) is 9.88 Å². The van der Waals surface area contributed by atoms with Crippen molar-refractivity contribution in [2.75, 3.05) is 6.61 Å². The summed E-state index contributed by atoms with van der Waals surface area (Å²) in [7, 11) is 0. The summed E-state index contributed by atoms with van der Waals surface area (Å²) in [6.07, 6.45) is 6.63. The van der Waals surface area contributed by atoms with Crippen LogP contribution in [0.15, 0.2) is 42.6 Å². The topological polar surface area (TPSA) is 59.5 Å². The van der Waals surface area contributed by atoms with Gasteiger partial charge in [0.25, 0.3) is 5.91 Å². The molecule has 148 valence electrons. The molecule has 0 saturated heterocycles. The molecule has 0 spiro atoms. The quantitative estimate of drug-likeness (QED) is 0.705. The van der Waals surface area contributed by atoms with Crippen molar-refractivity contribution in [3.63, 3.8) is 0 Å². The molecule has 1 amide bonds. The van der Waals surface area contributed by atoms with Gasteiger partial charge in [0.2, 0.25) is 0 Å². The molecule has 1 aliphatic carbocycles. The second kappa shape index (κ2) is 9.44. The minimum absolute atomic E-state index is 0.117. The first-order valence-corrected chi connectivity index (χ1v) is 9.66. The third-order valence-electron chi connectivity index (χ3n) is 5.08. The molecule has 0 N–H and O–H groups in total. The molecule has 0 atom stereocenters. The third-order valence-corrected chi connectivity index (χ3v) is 5.08. The number of esters is 1. The molecule has 1 heterocycles. The van der Waals surface area contributed by atoms with Gasteiger partial charge in [-0.25, -0.2) is 9.18 Å². The van der Waals surface area contributed by atoms with Crippen molar-refractivity contribution >= 4 is 11.9 Å². The van der Waals surface area contributed by atoms with Gasteiger partial charge in [0.1, 0.15) is 5.82 Å². The average Bonchev–Trinajstić information content (AvgIpc) is 2.72. The van der Waals surface area contributed by atoms with Gasteiger partial charge in [-0.3, -0.25) is 9.78 Å². The molecule has 0 aliphatic heterocycles. The molecule has 0 bridgehead atoms. The number of carbonyl (C=O) groups is 2. The fraction of sp³-hybridized carbons (Fsp3) is 0.409. The van der Waals surface area contributed by atoms with E-state index in [1.807, 2.05) is 6.92 Å². The van der Waals surface area contributed by atoms with E-state index in [1.165, 1.54) is 24.8 Å². The predicted octanol–water partition coefficient (Wildman–Crippen LogP) is 4.05. The Bertz CT molecular complexity index is 800. The second-order valence-electron chi connectivity index (χ2n) is 7.20. The molecule has 2 aromatic rings. The average molecular weight is 384 g/mol. The van der Waals surface area contributed by atoms with Crippen LogP contribution in [0.3, 0.4) is 0 Å². The number of nitrogens with zero attached hydrogens (tertiary/aromatic N) is 2. The van der Waals surface area contributed by atoms with Crippen molar-refractivity contribution in [3.8, 4) is 0 Å². The van der Waals surface area contributed by atoms with E-state index in [0.29, 0.717) is 12.1 Å². The molecule has 3 rings (SSSR count). The second-order valence-corrected chi connectivity index (χ2v) is 7.20. The van der Waals surface area contributed by atoms with Gasteiger partial charge < -0.3 is 9.64 Å². The number of aryl methyl sites for hydroxylation is 1. The van der Waals surface area contributed by atoms with E-state index in [1.54, 1.807) is 29.2 Å². The van der Waals surface area contributed by atoms with Crippen LogP contribution in [0.2, 0.25) is 0 Å². The zero-order valence-electron chi connectivity index (χ0n) is 16.1. The Labute approximate surface area is 164 Å². The smallest absolute Gasteiger partial charge is 0.340 e. The van der Waals surface area contributed by atoms with E-state index in [9.17, 15) is 14.0 Å². The number of benzene rings is 1. The maximum absolute atomic E-state index is 13.2. The van der Waals surface area contributed by atoms with Crippen LogP contribution in [-0.4, -0.2) is 34.4 Å². The van der Waals surface area contributed by atoms with Gasteiger partial charge in [-0.2, -0.15) is 0 Å². The lowest BCUT2D eigenvalue weighted by Gasteiger charge is -2.34. The maximum Gasteiger partial charge on any atom is 0.340 e. The van der Waals surface area contributed by atoms with Crippen LogP contribution in [-0.2, 0) is 16.1 Å². The van der Waals surface area contributed by atoms with Crippen LogP contribution in [0.5, 0.6) is 0 Å². The van der Waals surface area contributed by atoms with Crippen LogP contribution < -0.4 is 0 Å². The van der Waals surface area contributed by atoms with Gasteiger partial charge in [-0.1, -0.05) is 31.4 Å². The number of hydrogen-bond donors (Lipinski definition) is 0. The predicted molar refractivity (Wildman–Crippen MR) is 103 cm³/mol. The summed E-state index contributed by atoms with van der Waals surface area (Å²) in [6.45, 7) is 1.90. The molecule has 1 aromatic carbocycles. The highest BCUT2D eigenvalue weighted by Gasteiger charge is 2.26. The summed E-state index contributed by atoms with van der Waals surface area (Å²) in [5.74, 6) is -1.10. The van der Waals surface area contributed by atoms with E-state index in [2.05, 4.69) is 4.98 Å². The minimum Gasteiger partial charge on any atom is -0.452 e. The van der Waals surface area contributed by atoms with Gasteiger partial charge >= 0.3 is 5.97 Å². The first-order valence-electron chi connectivity index (χ1n) is 9.66. The number of halogens is 1. The normalized spacial score (nSPS) is 14.5. The van der Waals surface area contributed by atoms with Gasteiger partial charge in [-0.05, 0) is 49.6 Å². The Hall–Kier alpha value is -2.76. The van der Waals surface area contributed by atoms with Crippen molar-refractivity contribution in [3.05, 3.63) is 65.2 Å². The monoisotopic (exact) mass is 384 g/mol. The summed E-state index contributed by atoms with van der Waals surface area (Å²) >= 11 is 0. The Morgan fingerprint density at radius 1 is 1.11 bits per heavy atom. The summed E-state index contributed by atoms with van der Waals surface area (Å²) < 4.78 is 18.4. The molecule has 6 heteroatoms. The maximum atomic E-state index is 13.2. The minimum atomic E-state index is -0.564. The molecule has 28 heavy (non-hydrogen) atoms. The molecule has 5 nitrogen and oxygen atoms in total. The first-order chi connectivity index (χ1) is 13.5. The molecular formula is C22H25FN2O3. The van der Waals surface area contributed by atoms with Crippen LogP contribution in [0.1, 0.15) is 53.7 Å². The van der Waals surface area contributed by atoms with Gasteiger partial charge in [0.05, 0.1) is 5.56 Å². The number of hydrogen-bond acceptors (Lipinski definition) is 4. The van der Waals surface area contributed by atoms with Crippen molar-refractivity contribution < 1.29 is 18.7 Å². The Morgan fingerprint density at radius 2 is 1.82 bits per heavy atom. The fourth-order valence-corrected chi connectivity index (χ4v) is 3.48. The van der Waals surface area contributed by atoms with Gasteiger partial charge in [0, 0.05) is 24.5 Å². The molecule has 1 saturated carbocycles. The van der Waals surface area contributed by atoms with Gasteiger partial charge in [-0.15, -0.1) is 0 Å². The lowest BCUT2D eigenvalue weighted by molar-refractivity contribution is -0.138. The molecule has 1 aliphatic rings. The zero-order valence-corrected chi connectivity index (χ0v) is 16.1. The number of carbonyl (C=O) groups excluding carboxylic acids is 2. The Balaban J connectivity index is 1.65. The van der Waals surface area contributed by atoms with Gasteiger partial charge in [0.15, 0.2) is 6.61 Å². The summed E-state index contributed by atoms with van der Waals surface area (Å²) in [4.78, 5) is 30.9. The SMILES string of the molecule is Cc1ccc(C(=O)OCC(=O)N(Cc2ccc(F)cc2)C2CCCCC2)cn1. The molecule has 1 fully saturated rings. The van der Waals surface area contributed by atoms with Crippen molar-refractivity contribution in [2.24, 2.45) is 0 Å². The number of amides is 1. The van der Waals surface area contributed by atoms with Crippen LogP contribution in [0, 0.1) is 12.7 Å². The largest absolute Gasteiger partial charge is 0.452 e. The standard InChI is InChI=1S/C22H25FN2O3/c1-16-7-10-18(13-24-16)22(27)28-15-21(26)25(20-5-3-2-4-6-20)14-17-8-11-19(23)12-9-17/h7-13,20H,2-6,14-15H2,1H3. The number of ether oxygens (including phenoxy) is 1. The van der Waals surface area contributed by atoms with Crippen molar-refractivity contribution in [1.29, 1.82) is 0 Å². The van der Waals surface area contributed by atoms with Crippen LogP contribution >= 0.6 is 0 Å². The van der Waals surface area contributed by atoms with Crippen molar-refractivity contribution in [2.45, 2.75) is 51.6 Å². The molecular weight excluding hydrogens is 359 g/mol. The number of aromatic nitrogens is 1. The fourth-order valence-electron chi connectivity index (χ4n) is 3.48. The van der Waals surface area contributed by atoms with Crippen LogP contribution in [0.4, 0.5) is 4.39 Å². The van der Waals surface area contributed by atoms with E-state index in [0.717, 1.165) is 36.9 Å². The van der Waals surface area contributed by atoms with E-state index in [4.69, 9.17) is 4.74 Å². The van der Waals surface area contributed by atoms with Crippen LogP contribution in [0.25, 0.3) is 0 Å². The summed E-state index contributed by atoms with van der Waals surface area (Å²) in [6, 6.07) is 9.62. The van der Waals surface area contributed by atoms with E-state index >= 15 is 0 Å². The third kappa shape index (κ3) is 5.38. The lowest BCUT2D eigenvalue weighted by Crippen LogP contribution is -2.43. The highest BCUT2D eigenvalue weighted by Crippen LogP contribution is 2.24. The summed E-state index contributed by atoms with van der Waals surface area (Å²) in [5.41, 5.74) is 1.98. The first kappa shape index (κ1) is 20.0. The Morgan fingerprint density at radius 3 is 2.46 bits per heavy atom. The lowest BCUT2D eigenvalue weighted by atomic mass is 9.93. The molecule has 0 radical (unpaired) electrons. The van der Waals surface area contributed by atoms with E-state index in [-0.39, 0.29) is 24.4 Å². The number of rotatable bonds is 6. The highest BCUT2D eigenvalue weighted by molar-refractivity contribution is 5.91. The summed E-state index contributed by atoms with van der Waals surface area (Å²) in [5, 5.41) is 0. The molecule has 0 unspecified atom stereocenters. The zero-order chi connectivity index (χ0) is 19.9. The highest BCUT2D eigenvalue weighted by atomic mass is 19.1. The van der Waals surface area contributed by atoms with E-state index < -0.39 is 5.97 Å².